The maximum absolute atomic E-state index is 13.0. The molecular formula is C28H28N2O7. The first-order chi connectivity index (χ1) is 17.9. The molecule has 0 fully saturated rings. The van der Waals surface area contributed by atoms with Gasteiger partial charge >= 0.3 is 18.0 Å². The van der Waals surface area contributed by atoms with Gasteiger partial charge in [0.25, 0.3) is 0 Å². The van der Waals surface area contributed by atoms with Crippen molar-refractivity contribution in [2.75, 3.05) is 0 Å². The summed E-state index contributed by atoms with van der Waals surface area (Å²) in [7, 11) is 0. The number of nitrogens with one attached hydrogen (secondary N) is 2. The molecule has 3 rings (SSSR count). The fraction of sp³-hybridized carbons (Fsp3) is 0.214. The van der Waals surface area contributed by atoms with Crippen molar-refractivity contribution in [1.29, 1.82) is 0 Å². The van der Waals surface area contributed by atoms with Gasteiger partial charge in [0, 0.05) is 6.42 Å². The van der Waals surface area contributed by atoms with E-state index < -0.39 is 42.4 Å². The van der Waals surface area contributed by atoms with E-state index >= 15 is 0 Å². The van der Waals surface area contributed by atoms with Crippen LogP contribution in [0.1, 0.15) is 23.1 Å². The average Bonchev–Trinajstić information content (AvgIpc) is 2.91. The first-order valence-electron chi connectivity index (χ1n) is 11.6. The lowest BCUT2D eigenvalue weighted by atomic mass is 10.1. The van der Waals surface area contributed by atoms with E-state index in [0.717, 1.165) is 11.1 Å². The number of carbonyl (C=O) groups excluding carboxylic acids is 3. The van der Waals surface area contributed by atoms with Crippen LogP contribution in [0.3, 0.4) is 0 Å². The zero-order valence-corrected chi connectivity index (χ0v) is 20.0. The van der Waals surface area contributed by atoms with E-state index in [1.807, 2.05) is 12.1 Å². The van der Waals surface area contributed by atoms with Crippen LogP contribution in [-0.4, -0.2) is 41.1 Å². The molecule has 1 unspecified atom stereocenters. The number of carboxylic acids is 1. The van der Waals surface area contributed by atoms with Gasteiger partial charge in [-0.2, -0.15) is 0 Å². The van der Waals surface area contributed by atoms with Gasteiger partial charge in [-0.3, -0.25) is 9.59 Å². The molecule has 0 saturated carbocycles. The van der Waals surface area contributed by atoms with Crippen molar-refractivity contribution in [2.24, 2.45) is 0 Å². The third-order valence-corrected chi connectivity index (χ3v) is 5.33. The van der Waals surface area contributed by atoms with Gasteiger partial charge in [-0.25, -0.2) is 9.59 Å². The molecule has 0 radical (unpaired) electrons. The van der Waals surface area contributed by atoms with Crippen LogP contribution in [0, 0.1) is 0 Å². The van der Waals surface area contributed by atoms with Gasteiger partial charge in [0.1, 0.15) is 25.3 Å². The molecule has 0 spiro atoms. The number of alkyl carbamates (subject to hydrolysis) is 1. The normalized spacial score (nSPS) is 12.0. The summed E-state index contributed by atoms with van der Waals surface area (Å²) in [5.41, 5.74) is 2.18. The molecular weight excluding hydrogens is 476 g/mol. The highest BCUT2D eigenvalue weighted by atomic mass is 16.5. The first kappa shape index (κ1) is 26.9. The van der Waals surface area contributed by atoms with Crippen LogP contribution in [-0.2, 0) is 43.5 Å². The fourth-order valence-electron chi connectivity index (χ4n) is 3.40. The molecule has 0 saturated heterocycles. The van der Waals surface area contributed by atoms with Crippen LogP contribution in [0.15, 0.2) is 91.0 Å². The summed E-state index contributed by atoms with van der Waals surface area (Å²) < 4.78 is 10.4. The van der Waals surface area contributed by atoms with Crippen LogP contribution in [0.25, 0.3) is 0 Å². The maximum atomic E-state index is 13.0. The summed E-state index contributed by atoms with van der Waals surface area (Å²) in [6.45, 7) is -0.0660. The smallest absolute Gasteiger partial charge is 0.408 e. The minimum Gasteiger partial charge on any atom is -0.480 e. The van der Waals surface area contributed by atoms with Crippen molar-refractivity contribution in [2.45, 2.75) is 38.1 Å². The number of amides is 2. The summed E-state index contributed by atoms with van der Waals surface area (Å²) in [5, 5.41) is 14.4. The summed E-state index contributed by atoms with van der Waals surface area (Å²) in [4.78, 5) is 49.7. The summed E-state index contributed by atoms with van der Waals surface area (Å²) in [6.07, 6.45) is -1.43. The molecule has 0 aliphatic heterocycles. The van der Waals surface area contributed by atoms with E-state index in [1.54, 1.807) is 78.9 Å². The Hall–Kier alpha value is -4.66. The molecule has 0 heterocycles. The summed E-state index contributed by atoms with van der Waals surface area (Å²) >= 11 is 0. The monoisotopic (exact) mass is 504 g/mol. The highest BCUT2D eigenvalue weighted by Crippen LogP contribution is 2.08. The third-order valence-electron chi connectivity index (χ3n) is 5.33. The van der Waals surface area contributed by atoms with Gasteiger partial charge in [0.05, 0.1) is 6.42 Å². The lowest BCUT2D eigenvalue weighted by Gasteiger charge is -2.21. The van der Waals surface area contributed by atoms with E-state index in [1.165, 1.54) is 0 Å². The van der Waals surface area contributed by atoms with Crippen molar-refractivity contribution in [1.82, 2.24) is 10.6 Å². The van der Waals surface area contributed by atoms with E-state index in [-0.39, 0.29) is 19.6 Å². The quantitative estimate of drug-likeness (QED) is 0.323. The predicted molar refractivity (Wildman–Crippen MR) is 134 cm³/mol. The number of carboxylic acid groups (broad SMARTS) is 1. The van der Waals surface area contributed by atoms with Crippen molar-refractivity contribution < 1.29 is 33.8 Å². The Bertz CT molecular complexity index is 1110. The Kier molecular flexibility index (Phi) is 10.2. The molecule has 0 aliphatic rings. The minimum atomic E-state index is -1.41. The highest BCUT2D eigenvalue weighted by Gasteiger charge is 2.29. The summed E-state index contributed by atoms with van der Waals surface area (Å²) in [5.74, 6) is -2.85. The van der Waals surface area contributed by atoms with Crippen molar-refractivity contribution in [3.63, 3.8) is 0 Å². The van der Waals surface area contributed by atoms with Gasteiger partial charge < -0.3 is 25.2 Å². The Morgan fingerprint density at radius 1 is 0.649 bits per heavy atom. The Morgan fingerprint density at radius 2 is 1.14 bits per heavy atom. The molecule has 0 bridgehead atoms. The molecule has 9 nitrogen and oxygen atoms in total. The number of ether oxygens (including phenoxy) is 2. The highest BCUT2D eigenvalue weighted by molar-refractivity contribution is 5.92. The zero-order chi connectivity index (χ0) is 26.5. The predicted octanol–water partition coefficient (Wildman–Crippen LogP) is 3.23. The van der Waals surface area contributed by atoms with Crippen LogP contribution in [0.2, 0.25) is 0 Å². The van der Waals surface area contributed by atoms with Gasteiger partial charge in [-0.05, 0) is 16.7 Å². The fourth-order valence-corrected chi connectivity index (χ4v) is 3.40. The van der Waals surface area contributed by atoms with E-state index in [4.69, 9.17) is 9.47 Å². The van der Waals surface area contributed by atoms with Gasteiger partial charge in [-0.15, -0.1) is 0 Å². The molecule has 3 aromatic rings. The summed E-state index contributed by atoms with van der Waals surface area (Å²) in [6, 6.07) is 24.0. The second-order valence-electron chi connectivity index (χ2n) is 8.20. The molecule has 0 aliphatic carbocycles. The molecule has 3 aromatic carbocycles. The van der Waals surface area contributed by atoms with E-state index in [0.29, 0.717) is 5.56 Å². The van der Waals surface area contributed by atoms with Crippen LogP contribution in [0.5, 0.6) is 0 Å². The number of carbonyl (C=O) groups is 4. The molecule has 3 N–H and O–H groups in total. The number of benzene rings is 3. The third kappa shape index (κ3) is 9.48. The maximum Gasteiger partial charge on any atom is 0.408 e. The SMILES string of the molecule is O=C(C[C@H](NC(=O)OCc1ccccc1)C(=O)NC(Cc1ccccc1)C(=O)O)OCc1ccccc1. The lowest BCUT2D eigenvalue weighted by Crippen LogP contribution is -2.53. The second kappa shape index (κ2) is 14.0. The lowest BCUT2D eigenvalue weighted by molar-refractivity contribution is -0.147. The number of rotatable bonds is 12. The molecule has 37 heavy (non-hydrogen) atoms. The topological polar surface area (TPSA) is 131 Å². The van der Waals surface area contributed by atoms with Crippen LogP contribution >= 0.6 is 0 Å². The Balaban J connectivity index is 1.65. The van der Waals surface area contributed by atoms with E-state index in [2.05, 4.69) is 10.6 Å². The van der Waals surface area contributed by atoms with Gasteiger partial charge in [-0.1, -0.05) is 91.0 Å². The second-order valence-corrected chi connectivity index (χ2v) is 8.20. The molecule has 9 heteroatoms. The molecule has 2 atom stereocenters. The standard InChI is InChI=1S/C28H28N2O7/c31-25(36-18-21-12-6-2-7-13-21)17-23(30-28(35)37-19-22-14-8-3-9-15-22)26(32)29-24(27(33)34)16-20-10-4-1-5-11-20/h1-15,23-24H,16-19H2,(H,29,32)(H,30,35)(H,33,34)/t23-,24?/m0/s1. The number of hydrogen-bond donors (Lipinski definition) is 3. The minimum absolute atomic E-state index is 0.0157. The van der Waals surface area contributed by atoms with Crippen molar-refractivity contribution in [3.05, 3.63) is 108 Å². The van der Waals surface area contributed by atoms with Crippen LogP contribution in [0.4, 0.5) is 4.79 Å². The Morgan fingerprint density at radius 3 is 1.65 bits per heavy atom. The molecule has 2 amide bonds. The van der Waals surface area contributed by atoms with Crippen molar-refractivity contribution >= 4 is 23.9 Å². The number of esters is 1. The number of hydrogen-bond acceptors (Lipinski definition) is 6. The van der Waals surface area contributed by atoms with Crippen molar-refractivity contribution in [3.8, 4) is 0 Å². The van der Waals surface area contributed by atoms with E-state index in [9.17, 15) is 24.3 Å². The first-order valence-corrected chi connectivity index (χ1v) is 11.6. The van der Waals surface area contributed by atoms with Gasteiger partial charge in [0.2, 0.25) is 5.91 Å². The number of aliphatic carboxylic acids is 1. The largest absolute Gasteiger partial charge is 0.480 e. The average molecular weight is 505 g/mol. The molecule has 192 valence electrons. The van der Waals surface area contributed by atoms with Gasteiger partial charge in [0.15, 0.2) is 0 Å². The Labute approximate surface area is 214 Å². The van der Waals surface area contributed by atoms with Crippen LogP contribution < -0.4 is 10.6 Å². The molecule has 0 aromatic heterocycles. The zero-order valence-electron chi connectivity index (χ0n) is 20.0.